The van der Waals surface area contributed by atoms with Crippen molar-refractivity contribution in [3.05, 3.63) is 29.8 Å². The molecule has 0 spiro atoms. The van der Waals surface area contributed by atoms with Gasteiger partial charge in [-0.2, -0.15) is 0 Å². The van der Waals surface area contributed by atoms with Crippen LogP contribution in [0.4, 0.5) is 0 Å². The number of nitrogens with one attached hydrogen (secondary N) is 1. The third kappa shape index (κ3) is 2.71. The van der Waals surface area contributed by atoms with Crippen molar-refractivity contribution in [2.24, 2.45) is 5.41 Å². The van der Waals surface area contributed by atoms with Gasteiger partial charge in [-0.05, 0) is 43.5 Å². The summed E-state index contributed by atoms with van der Waals surface area (Å²) in [4.78, 5) is 0. The van der Waals surface area contributed by atoms with Crippen LogP contribution in [-0.4, -0.2) is 18.7 Å². The number of ether oxygens (including phenoxy) is 1. The van der Waals surface area contributed by atoms with Crippen molar-refractivity contribution in [2.75, 3.05) is 6.54 Å². The van der Waals surface area contributed by atoms with Gasteiger partial charge in [0.05, 0.1) is 0 Å². The lowest BCUT2D eigenvalue weighted by Gasteiger charge is -2.55. The fourth-order valence-electron chi connectivity index (χ4n) is 3.65. The molecule has 0 amide bonds. The van der Waals surface area contributed by atoms with E-state index < -0.39 is 0 Å². The van der Waals surface area contributed by atoms with Crippen molar-refractivity contribution >= 4 is 0 Å². The minimum Gasteiger partial charge on any atom is -0.490 e. The van der Waals surface area contributed by atoms with E-state index in [1.54, 1.807) is 0 Å². The molecule has 20 heavy (non-hydrogen) atoms. The third-order valence-corrected chi connectivity index (χ3v) is 5.14. The molecule has 1 aliphatic rings. The highest BCUT2D eigenvalue weighted by molar-refractivity contribution is 5.29. The molecule has 2 unspecified atom stereocenters. The largest absolute Gasteiger partial charge is 0.490 e. The highest BCUT2D eigenvalue weighted by Gasteiger charge is 2.53. The minimum atomic E-state index is 0.304. The van der Waals surface area contributed by atoms with Crippen LogP contribution in [0.15, 0.2) is 24.3 Å². The van der Waals surface area contributed by atoms with Crippen LogP contribution >= 0.6 is 0 Å². The molecule has 1 saturated carbocycles. The van der Waals surface area contributed by atoms with Crippen LogP contribution in [0.3, 0.4) is 0 Å². The fourth-order valence-corrected chi connectivity index (χ4v) is 3.65. The van der Waals surface area contributed by atoms with Gasteiger partial charge in [-0.3, -0.25) is 0 Å². The third-order valence-electron chi connectivity index (χ3n) is 5.14. The molecule has 1 aromatic rings. The zero-order valence-corrected chi connectivity index (χ0v) is 13.4. The molecule has 1 aliphatic carbocycles. The van der Waals surface area contributed by atoms with Crippen molar-refractivity contribution in [1.82, 2.24) is 5.32 Å². The van der Waals surface area contributed by atoms with E-state index in [1.165, 1.54) is 18.4 Å². The van der Waals surface area contributed by atoms with Crippen molar-refractivity contribution in [3.8, 4) is 5.75 Å². The first-order valence-corrected chi connectivity index (χ1v) is 8.19. The predicted molar refractivity (Wildman–Crippen MR) is 85.3 cm³/mol. The average molecular weight is 275 g/mol. The summed E-state index contributed by atoms with van der Waals surface area (Å²) in [5, 5.41) is 3.63. The van der Waals surface area contributed by atoms with Crippen LogP contribution in [0.5, 0.6) is 5.75 Å². The fraction of sp³-hybridized carbons (Fsp3) is 0.667. The van der Waals surface area contributed by atoms with Crippen molar-refractivity contribution in [3.63, 3.8) is 0 Å². The van der Waals surface area contributed by atoms with Gasteiger partial charge in [-0.15, -0.1) is 0 Å². The van der Waals surface area contributed by atoms with Gasteiger partial charge in [-0.25, -0.2) is 0 Å². The van der Waals surface area contributed by atoms with E-state index in [4.69, 9.17) is 4.74 Å². The van der Waals surface area contributed by atoms with Crippen LogP contribution in [0, 0.1) is 5.41 Å². The van der Waals surface area contributed by atoms with Gasteiger partial charge in [0, 0.05) is 17.9 Å². The number of hydrogen-bond donors (Lipinski definition) is 1. The van der Waals surface area contributed by atoms with Gasteiger partial charge < -0.3 is 10.1 Å². The molecule has 1 fully saturated rings. The molecule has 0 radical (unpaired) electrons. The highest BCUT2D eigenvalue weighted by atomic mass is 16.5. The number of aryl methyl sites for hydroxylation is 1. The van der Waals surface area contributed by atoms with E-state index in [1.807, 2.05) is 0 Å². The summed E-state index contributed by atoms with van der Waals surface area (Å²) in [5.41, 5.74) is 1.65. The zero-order valence-electron chi connectivity index (χ0n) is 13.4. The maximum Gasteiger partial charge on any atom is 0.120 e. The summed E-state index contributed by atoms with van der Waals surface area (Å²) >= 11 is 0. The molecule has 0 aliphatic heterocycles. The monoisotopic (exact) mass is 275 g/mol. The molecular weight excluding hydrogens is 246 g/mol. The van der Waals surface area contributed by atoms with E-state index in [9.17, 15) is 0 Å². The maximum atomic E-state index is 6.33. The SMILES string of the molecule is CCNC1CC(Oc2cccc(CC)c2)C1(CC)CC. The molecule has 1 N–H and O–H groups in total. The standard InChI is InChI=1S/C18H29NO/c1-5-14-10-9-11-15(12-14)20-17-13-16(19-8-4)18(17,6-2)7-3/h9-12,16-17,19H,5-8,13H2,1-4H3. The van der Waals surface area contributed by atoms with Crippen LogP contribution in [0.2, 0.25) is 0 Å². The van der Waals surface area contributed by atoms with E-state index in [-0.39, 0.29) is 0 Å². The maximum absolute atomic E-state index is 6.33. The molecule has 2 rings (SSSR count). The Bertz CT molecular complexity index is 425. The second-order valence-electron chi connectivity index (χ2n) is 5.89. The van der Waals surface area contributed by atoms with Crippen molar-refractivity contribution in [2.45, 2.75) is 65.5 Å². The first-order valence-electron chi connectivity index (χ1n) is 8.19. The van der Waals surface area contributed by atoms with Gasteiger partial charge in [0.25, 0.3) is 0 Å². The molecule has 2 atom stereocenters. The lowest BCUT2D eigenvalue weighted by Crippen LogP contribution is -2.64. The van der Waals surface area contributed by atoms with Crippen LogP contribution < -0.4 is 10.1 Å². The molecule has 1 aromatic carbocycles. The first-order chi connectivity index (χ1) is 9.70. The summed E-state index contributed by atoms with van der Waals surface area (Å²) in [6, 6.07) is 9.17. The topological polar surface area (TPSA) is 21.3 Å². The van der Waals surface area contributed by atoms with Crippen molar-refractivity contribution in [1.29, 1.82) is 0 Å². The molecule has 0 bridgehead atoms. The van der Waals surface area contributed by atoms with Gasteiger partial charge >= 0.3 is 0 Å². The second-order valence-corrected chi connectivity index (χ2v) is 5.89. The molecule has 112 valence electrons. The summed E-state index contributed by atoms with van der Waals surface area (Å²) in [7, 11) is 0. The van der Waals surface area contributed by atoms with Gasteiger partial charge in [-0.1, -0.05) is 39.8 Å². The Hall–Kier alpha value is -1.02. The molecule has 0 saturated heterocycles. The van der Waals surface area contributed by atoms with Gasteiger partial charge in [0.1, 0.15) is 11.9 Å². The van der Waals surface area contributed by atoms with Crippen LogP contribution in [0.1, 0.15) is 52.5 Å². The normalized spacial score (nSPS) is 24.2. The molecule has 2 heteroatoms. The first kappa shape index (κ1) is 15.4. The lowest BCUT2D eigenvalue weighted by molar-refractivity contribution is -0.0854. The average Bonchev–Trinajstić information content (AvgIpc) is 2.48. The Labute approximate surface area is 123 Å². The van der Waals surface area contributed by atoms with Gasteiger partial charge in [0.2, 0.25) is 0 Å². The Morgan fingerprint density at radius 3 is 2.55 bits per heavy atom. The predicted octanol–water partition coefficient (Wildman–Crippen LogP) is 4.18. The summed E-state index contributed by atoms with van der Waals surface area (Å²) in [5.74, 6) is 1.04. The second kappa shape index (κ2) is 6.62. The number of hydrogen-bond acceptors (Lipinski definition) is 2. The molecular formula is C18H29NO. The van der Waals surface area contributed by atoms with E-state index in [2.05, 4.69) is 57.3 Å². The zero-order chi connectivity index (χ0) is 14.6. The summed E-state index contributed by atoms with van der Waals surface area (Å²) < 4.78 is 6.33. The van der Waals surface area contributed by atoms with E-state index in [0.29, 0.717) is 17.6 Å². The summed E-state index contributed by atoms with van der Waals surface area (Å²) in [6.45, 7) is 10.0. The Kier molecular flexibility index (Phi) is 5.09. The molecule has 2 nitrogen and oxygen atoms in total. The number of rotatable bonds is 7. The van der Waals surface area contributed by atoms with Gasteiger partial charge in [0.15, 0.2) is 0 Å². The quantitative estimate of drug-likeness (QED) is 0.806. The lowest BCUT2D eigenvalue weighted by atomic mass is 9.58. The minimum absolute atomic E-state index is 0.304. The Morgan fingerprint density at radius 1 is 1.20 bits per heavy atom. The van der Waals surface area contributed by atoms with E-state index in [0.717, 1.165) is 25.1 Å². The van der Waals surface area contributed by atoms with E-state index >= 15 is 0 Å². The number of benzene rings is 1. The highest BCUT2D eigenvalue weighted by Crippen LogP contribution is 2.49. The van der Waals surface area contributed by atoms with Crippen molar-refractivity contribution < 1.29 is 4.74 Å². The van der Waals surface area contributed by atoms with Crippen LogP contribution in [-0.2, 0) is 6.42 Å². The smallest absolute Gasteiger partial charge is 0.120 e. The Morgan fingerprint density at radius 2 is 1.95 bits per heavy atom. The molecule has 0 heterocycles. The van der Waals surface area contributed by atoms with Crippen LogP contribution in [0.25, 0.3) is 0 Å². The molecule has 0 aromatic heterocycles. The summed E-state index contributed by atoms with van der Waals surface area (Å²) in [6.07, 6.45) is 4.91. The Balaban J connectivity index is 2.09.